The van der Waals surface area contributed by atoms with Gasteiger partial charge in [0.15, 0.2) is 6.10 Å². The first-order valence-corrected chi connectivity index (χ1v) is 7.65. The minimum absolute atomic E-state index is 0.397. The van der Waals surface area contributed by atoms with Crippen LogP contribution in [0.4, 0.5) is 0 Å². The fourth-order valence-electron chi connectivity index (χ4n) is 2.01. The first-order chi connectivity index (χ1) is 9.13. The van der Waals surface area contributed by atoms with Gasteiger partial charge in [-0.05, 0) is 12.8 Å². The molecule has 0 aliphatic carbocycles. The number of carboxylic acid groups (broad SMARTS) is 1. The molecule has 0 fully saturated rings. The minimum Gasteiger partial charge on any atom is -0.479 e. The third-order valence-electron chi connectivity index (χ3n) is 3.31. The van der Waals surface area contributed by atoms with E-state index in [1.54, 1.807) is 6.92 Å². The van der Waals surface area contributed by atoms with Crippen molar-refractivity contribution >= 4 is 5.97 Å². The molecule has 0 heterocycles. The summed E-state index contributed by atoms with van der Waals surface area (Å²) in [5.74, 6) is -1.08. The summed E-state index contributed by atoms with van der Waals surface area (Å²) in [6.07, 6.45) is 7.98. The number of ether oxygens (including phenoxy) is 1. The van der Waals surface area contributed by atoms with E-state index in [-0.39, 0.29) is 0 Å². The van der Waals surface area contributed by atoms with Crippen LogP contribution in [-0.2, 0) is 9.53 Å². The second-order valence-corrected chi connectivity index (χ2v) is 5.08. The molecule has 0 aromatic carbocycles. The van der Waals surface area contributed by atoms with Crippen molar-refractivity contribution in [2.45, 2.75) is 83.8 Å². The van der Waals surface area contributed by atoms with E-state index in [2.05, 4.69) is 6.92 Å². The molecule has 0 saturated heterocycles. The third-order valence-corrected chi connectivity index (χ3v) is 3.31. The molecule has 0 aliphatic rings. The van der Waals surface area contributed by atoms with Gasteiger partial charge < -0.3 is 14.9 Å². The fourth-order valence-corrected chi connectivity index (χ4v) is 2.01. The van der Waals surface area contributed by atoms with Crippen molar-refractivity contribution in [3.05, 3.63) is 0 Å². The van der Waals surface area contributed by atoms with Gasteiger partial charge in [0.2, 0.25) is 0 Å². The molecule has 0 spiro atoms. The summed E-state index contributed by atoms with van der Waals surface area (Å²) in [6, 6.07) is 0. The van der Waals surface area contributed by atoms with Crippen LogP contribution in [-0.4, -0.2) is 35.0 Å². The molecule has 114 valence electrons. The Morgan fingerprint density at radius 1 is 1.00 bits per heavy atom. The number of aliphatic hydroxyl groups is 1. The lowest BCUT2D eigenvalue weighted by molar-refractivity contribution is -0.158. The van der Waals surface area contributed by atoms with Crippen molar-refractivity contribution < 1.29 is 19.7 Å². The van der Waals surface area contributed by atoms with E-state index in [1.807, 2.05) is 0 Å². The van der Waals surface area contributed by atoms with E-state index in [1.165, 1.54) is 38.5 Å². The van der Waals surface area contributed by atoms with Crippen LogP contribution in [0.2, 0.25) is 0 Å². The average Bonchev–Trinajstić information content (AvgIpc) is 2.40. The molecule has 0 rings (SSSR count). The molecular formula is C15H30O4. The minimum atomic E-state index is -1.08. The summed E-state index contributed by atoms with van der Waals surface area (Å²) in [4.78, 5) is 10.9. The van der Waals surface area contributed by atoms with E-state index in [9.17, 15) is 9.90 Å². The Balaban J connectivity index is 3.48. The second kappa shape index (κ2) is 12.4. The highest BCUT2D eigenvalue weighted by atomic mass is 16.5. The zero-order valence-corrected chi connectivity index (χ0v) is 12.4. The summed E-state index contributed by atoms with van der Waals surface area (Å²) in [6.45, 7) is 4.38. The zero-order chi connectivity index (χ0) is 14.5. The Morgan fingerprint density at radius 3 is 2.00 bits per heavy atom. The lowest BCUT2D eigenvalue weighted by atomic mass is 10.1. The van der Waals surface area contributed by atoms with Crippen LogP contribution in [0.1, 0.15) is 71.6 Å². The van der Waals surface area contributed by atoms with Crippen LogP contribution in [0.5, 0.6) is 0 Å². The van der Waals surface area contributed by atoms with E-state index in [4.69, 9.17) is 9.84 Å². The Hall–Kier alpha value is -0.610. The molecular weight excluding hydrogens is 244 g/mol. The van der Waals surface area contributed by atoms with Gasteiger partial charge in [-0.3, -0.25) is 0 Å². The van der Waals surface area contributed by atoms with Gasteiger partial charge in [0.25, 0.3) is 0 Å². The van der Waals surface area contributed by atoms with Crippen molar-refractivity contribution in [2.75, 3.05) is 6.61 Å². The maximum Gasteiger partial charge on any atom is 0.335 e. The van der Waals surface area contributed by atoms with Crippen molar-refractivity contribution in [3.63, 3.8) is 0 Å². The number of hydrogen-bond donors (Lipinski definition) is 2. The van der Waals surface area contributed by atoms with Crippen molar-refractivity contribution in [3.8, 4) is 0 Å². The smallest absolute Gasteiger partial charge is 0.335 e. The third kappa shape index (κ3) is 9.91. The maximum atomic E-state index is 10.9. The van der Waals surface area contributed by atoms with Crippen molar-refractivity contribution in [2.24, 2.45) is 0 Å². The highest BCUT2D eigenvalue weighted by Crippen LogP contribution is 2.10. The Bertz CT molecular complexity index is 218. The average molecular weight is 274 g/mol. The number of aliphatic hydroxyl groups excluding tert-OH is 1. The monoisotopic (exact) mass is 274 g/mol. The quantitative estimate of drug-likeness (QED) is 0.505. The largest absolute Gasteiger partial charge is 0.479 e. The summed E-state index contributed by atoms with van der Waals surface area (Å²) in [5.41, 5.74) is 0. The van der Waals surface area contributed by atoms with Crippen molar-refractivity contribution in [1.29, 1.82) is 0 Å². The summed E-state index contributed by atoms with van der Waals surface area (Å²) >= 11 is 0. The predicted octanol–water partition coefficient (Wildman–Crippen LogP) is 3.37. The lowest BCUT2D eigenvalue weighted by Gasteiger charge is -2.18. The molecule has 0 aromatic rings. The topological polar surface area (TPSA) is 66.8 Å². The fraction of sp³-hybridized carbons (Fsp3) is 0.933. The van der Waals surface area contributed by atoms with Gasteiger partial charge in [0.05, 0.1) is 6.10 Å². The Morgan fingerprint density at radius 2 is 1.53 bits per heavy atom. The number of hydrogen-bond acceptors (Lipinski definition) is 3. The van der Waals surface area contributed by atoms with Crippen molar-refractivity contribution in [1.82, 2.24) is 0 Å². The summed E-state index contributed by atoms with van der Waals surface area (Å²) < 4.78 is 5.25. The Labute approximate surface area is 117 Å². The lowest BCUT2D eigenvalue weighted by Crippen LogP contribution is -2.36. The second-order valence-electron chi connectivity index (χ2n) is 5.08. The number of unbranched alkanes of at least 4 members (excludes halogenated alkanes) is 7. The van der Waals surface area contributed by atoms with Gasteiger partial charge in [-0.25, -0.2) is 4.79 Å². The molecule has 19 heavy (non-hydrogen) atoms. The summed E-state index contributed by atoms with van der Waals surface area (Å²) in [7, 11) is 0. The summed E-state index contributed by atoms with van der Waals surface area (Å²) in [5, 5.41) is 18.4. The highest BCUT2D eigenvalue weighted by Gasteiger charge is 2.25. The van der Waals surface area contributed by atoms with E-state index >= 15 is 0 Å². The van der Waals surface area contributed by atoms with Crippen LogP contribution in [0.25, 0.3) is 0 Å². The first-order valence-electron chi connectivity index (χ1n) is 7.65. The highest BCUT2D eigenvalue weighted by molar-refractivity contribution is 5.73. The standard InChI is InChI=1S/C15H30O4/c1-3-5-6-7-8-9-10-11-12-19-14(15(17)18)13(16)4-2/h13-14,16H,3-12H2,1-2H3,(H,17,18)/t13-,14?/m0/s1. The molecule has 0 amide bonds. The molecule has 0 radical (unpaired) electrons. The molecule has 0 bridgehead atoms. The van der Waals surface area contributed by atoms with Gasteiger partial charge in [0.1, 0.15) is 0 Å². The van der Waals surface area contributed by atoms with Crippen LogP contribution in [0, 0.1) is 0 Å². The van der Waals surface area contributed by atoms with E-state index in [0.717, 1.165) is 12.8 Å². The normalized spacial score (nSPS) is 14.3. The van der Waals surface area contributed by atoms with Gasteiger partial charge in [0, 0.05) is 6.61 Å². The molecule has 0 aliphatic heterocycles. The van der Waals surface area contributed by atoms with Gasteiger partial charge in [-0.2, -0.15) is 0 Å². The zero-order valence-electron chi connectivity index (χ0n) is 12.4. The van der Waals surface area contributed by atoms with Gasteiger partial charge in [-0.1, -0.05) is 58.8 Å². The van der Waals surface area contributed by atoms with E-state index < -0.39 is 18.2 Å². The molecule has 4 nitrogen and oxygen atoms in total. The number of aliphatic carboxylic acids is 1. The molecule has 0 aromatic heterocycles. The van der Waals surface area contributed by atoms with Crippen LogP contribution < -0.4 is 0 Å². The molecule has 2 N–H and O–H groups in total. The number of carbonyl (C=O) groups is 1. The van der Waals surface area contributed by atoms with Crippen LogP contribution >= 0.6 is 0 Å². The molecule has 0 saturated carbocycles. The predicted molar refractivity (Wildman–Crippen MR) is 76.3 cm³/mol. The Kier molecular flexibility index (Phi) is 12.0. The van der Waals surface area contributed by atoms with E-state index in [0.29, 0.717) is 13.0 Å². The van der Waals surface area contributed by atoms with Gasteiger partial charge in [-0.15, -0.1) is 0 Å². The first kappa shape index (κ1) is 18.4. The maximum absolute atomic E-state index is 10.9. The molecule has 2 atom stereocenters. The molecule has 4 heteroatoms. The number of carboxylic acids is 1. The van der Waals surface area contributed by atoms with Crippen LogP contribution in [0.15, 0.2) is 0 Å². The SMILES string of the molecule is CCCCCCCCCCOC(C(=O)O)[C@@H](O)CC. The molecule has 1 unspecified atom stereocenters. The van der Waals surface area contributed by atoms with Crippen LogP contribution in [0.3, 0.4) is 0 Å². The van der Waals surface area contributed by atoms with Gasteiger partial charge >= 0.3 is 5.97 Å². The number of rotatable bonds is 13.